The van der Waals surface area contributed by atoms with Gasteiger partial charge in [-0.3, -0.25) is 9.59 Å². The Hall–Kier alpha value is -2.70. The number of aromatic nitrogens is 3. The van der Waals surface area contributed by atoms with Gasteiger partial charge >= 0.3 is 0 Å². The first-order valence-corrected chi connectivity index (χ1v) is 8.69. The van der Waals surface area contributed by atoms with Crippen molar-refractivity contribution in [3.8, 4) is 0 Å². The summed E-state index contributed by atoms with van der Waals surface area (Å²) < 4.78 is 1.71. The molecule has 3 heterocycles. The molecule has 2 aromatic rings. The SMILES string of the molecule is Cc1cccc(C(=O)N2CC(n3cc(C(=O)N4CCCC4)nn3)C2)c1. The number of amides is 2. The number of hydrogen-bond acceptors (Lipinski definition) is 4. The molecule has 0 aliphatic carbocycles. The fraction of sp³-hybridized carbons (Fsp3) is 0.444. The van der Waals surface area contributed by atoms with E-state index in [0.29, 0.717) is 24.3 Å². The molecule has 0 radical (unpaired) electrons. The predicted octanol–water partition coefficient (Wildman–Crippen LogP) is 1.52. The third-order valence-electron chi connectivity index (χ3n) is 4.91. The summed E-state index contributed by atoms with van der Waals surface area (Å²) in [5.41, 5.74) is 2.18. The van der Waals surface area contributed by atoms with Gasteiger partial charge in [-0.05, 0) is 31.9 Å². The molecule has 7 nitrogen and oxygen atoms in total. The Balaban J connectivity index is 1.38. The second kappa shape index (κ2) is 6.31. The number of rotatable bonds is 3. The summed E-state index contributed by atoms with van der Waals surface area (Å²) >= 11 is 0. The van der Waals surface area contributed by atoms with Crippen LogP contribution in [0, 0.1) is 6.92 Å². The third-order valence-corrected chi connectivity index (χ3v) is 4.91. The van der Waals surface area contributed by atoms with E-state index in [1.807, 2.05) is 36.1 Å². The Labute approximate surface area is 146 Å². The van der Waals surface area contributed by atoms with Gasteiger partial charge in [-0.2, -0.15) is 0 Å². The number of benzene rings is 1. The van der Waals surface area contributed by atoms with Crippen molar-refractivity contribution < 1.29 is 9.59 Å². The molecular formula is C18H21N5O2. The lowest BCUT2D eigenvalue weighted by atomic mass is 10.1. The van der Waals surface area contributed by atoms with E-state index >= 15 is 0 Å². The summed E-state index contributed by atoms with van der Waals surface area (Å²) in [6, 6.07) is 7.70. The summed E-state index contributed by atoms with van der Waals surface area (Å²) in [5.74, 6) is -0.0100. The molecule has 7 heteroatoms. The highest BCUT2D eigenvalue weighted by Crippen LogP contribution is 2.23. The number of likely N-dealkylation sites (tertiary alicyclic amines) is 2. The first-order valence-electron chi connectivity index (χ1n) is 8.69. The normalized spacial score (nSPS) is 17.6. The van der Waals surface area contributed by atoms with Crippen LogP contribution in [0.15, 0.2) is 30.5 Å². The Kier molecular flexibility index (Phi) is 3.99. The average Bonchev–Trinajstić information content (AvgIpc) is 3.25. The van der Waals surface area contributed by atoms with Crippen molar-refractivity contribution in [3.05, 3.63) is 47.3 Å². The molecule has 4 rings (SSSR count). The first kappa shape index (κ1) is 15.8. The summed E-state index contributed by atoms with van der Waals surface area (Å²) in [4.78, 5) is 28.4. The lowest BCUT2D eigenvalue weighted by Gasteiger charge is -2.38. The van der Waals surface area contributed by atoms with E-state index in [9.17, 15) is 9.59 Å². The van der Waals surface area contributed by atoms with Crippen LogP contribution in [0.4, 0.5) is 0 Å². The number of carbonyl (C=O) groups excluding carboxylic acids is 2. The third kappa shape index (κ3) is 3.01. The predicted molar refractivity (Wildman–Crippen MR) is 91.3 cm³/mol. The van der Waals surface area contributed by atoms with Crippen molar-refractivity contribution in [3.63, 3.8) is 0 Å². The number of carbonyl (C=O) groups is 2. The van der Waals surface area contributed by atoms with E-state index in [0.717, 1.165) is 31.5 Å². The van der Waals surface area contributed by atoms with Crippen molar-refractivity contribution >= 4 is 11.8 Å². The molecule has 0 saturated carbocycles. The Bertz CT molecular complexity index is 803. The van der Waals surface area contributed by atoms with Gasteiger partial charge in [-0.1, -0.05) is 22.9 Å². The summed E-state index contributed by atoms with van der Waals surface area (Å²) in [5, 5.41) is 8.11. The summed E-state index contributed by atoms with van der Waals surface area (Å²) in [6.07, 6.45) is 3.82. The van der Waals surface area contributed by atoms with E-state index in [1.54, 1.807) is 15.8 Å². The molecule has 0 N–H and O–H groups in total. The van der Waals surface area contributed by atoms with Gasteiger partial charge in [-0.25, -0.2) is 4.68 Å². The molecular weight excluding hydrogens is 318 g/mol. The molecule has 2 fully saturated rings. The minimum absolute atomic E-state index is 0.0356. The molecule has 25 heavy (non-hydrogen) atoms. The fourth-order valence-electron chi connectivity index (χ4n) is 3.38. The van der Waals surface area contributed by atoms with Crippen LogP contribution in [0.5, 0.6) is 0 Å². The van der Waals surface area contributed by atoms with Gasteiger partial charge in [-0.15, -0.1) is 5.10 Å². The molecule has 2 saturated heterocycles. The highest BCUT2D eigenvalue weighted by Gasteiger charge is 2.34. The van der Waals surface area contributed by atoms with Crippen molar-refractivity contribution in [1.82, 2.24) is 24.8 Å². The zero-order chi connectivity index (χ0) is 17.4. The van der Waals surface area contributed by atoms with Gasteiger partial charge in [0.1, 0.15) is 0 Å². The van der Waals surface area contributed by atoms with E-state index < -0.39 is 0 Å². The van der Waals surface area contributed by atoms with Gasteiger partial charge in [0.2, 0.25) is 0 Å². The molecule has 0 atom stereocenters. The van der Waals surface area contributed by atoms with Crippen molar-refractivity contribution in [2.45, 2.75) is 25.8 Å². The minimum atomic E-state index is -0.0456. The monoisotopic (exact) mass is 339 g/mol. The Morgan fingerprint density at radius 2 is 1.84 bits per heavy atom. The molecule has 2 amide bonds. The van der Waals surface area contributed by atoms with Crippen LogP contribution in [-0.4, -0.2) is 62.8 Å². The van der Waals surface area contributed by atoms with Gasteiger partial charge in [0, 0.05) is 31.7 Å². The molecule has 1 aromatic carbocycles. The van der Waals surface area contributed by atoms with Crippen LogP contribution in [0.2, 0.25) is 0 Å². The molecule has 0 unspecified atom stereocenters. The van der Waals surface area contributed by atoms with Crippen LogP contribution in [0.3, 0.4) is 0 Å². The maximum atomic E-state index is 12.5. The number of nitrogens with zero attached hydrogens (tertiary/aromatic N) is 5. The molecule has 1 aromatic heterocycles. The van der Waals surface area contributed by atoms with E-state index in [2.05, 4.69) is 10.3 Å². The second-order valence-electron chi connectivity index (χ2n) is 6.82. The second-order valence-corrected chi connectivity index (χ2v) is 6.82. The zero-order valence-electron chi connectivity index (χ0n) is 14.3. The maximum absolute atomic E-state index is 12.5. The van der Waals surface area contributed by atoms with E-state index in [1.165, 1.54) is 0 Å². The quantitative estimate of drug-likeness (QED) is 0.850. The van der Waals surface area contributed by atoms with E-state index in [4.69, 9.17) is 0 Å². The fourth-order valence-corrected chi connectivity index (χ4v) is 3.38. The molecule has 0 spiro atoms. The largest absolute Gasteiger partial charge is 0.337 e. The van der Waals surface area contributed by atoms with Gasteiger partial charge in [0.15, 0.2) is 5.69 Å². The standard InChI is InChI=1S/C18H21N5O2/c1-13-5-4-6-14(9-13)17(24)22-10-15(11-22)23-12-16(19-20-23)18(25)21-7-2-3-8-21/h4-6,9,12,15H,2-3,7-8,10-11H2,1H3. The lowest BCUT2D eigenvalue weighted by Crippen LogP contribution is -2.50. The molecule has 2 aliphatic rings. The molecule has 0 bridgehead atoms. The zero-order valence-corrected chi connectivity index (χ0v) is 14.3. The topological polar surface area (TPSA) is 71.3 Å². The van der Waals surface area contributed by atoms with Crippen LogP contribution < -0.4 is 0 Å². The van der Waals surface area contributed by atoms with Crippen LogP contribution in [0.25, 0.3) is 0 Å². The molecule has 130 valence electrons. The van der Waals surface area contributed by atoms with E-state index in [-0.39, 0.29) is 17.9 Å². The molecule has 2 aliphatic heterocycles. The highest BCUT2D eigenvalue weighted by atomic mass is 16.2. The van der Waals surface area contributed by atoms with Crippen molar-refractivity contribution in [2.24, 2.45) is 0 Å². The van der Waals surface area contributed by atoms with Gasteiger partial charge in [0.05, 0.1) is 12.2 Å². The van der Waals surface area contributed by atoms with Crippen LogP contribution in [0.1, 0.15) is 45.3 Å². The summed E-state index contributed by atoms with van der Waals surface area (Å²) in [6.45, 7) is 4.76. The van der Waals surface area contributed by atoms with Crippen molar-refractivity contribution in [1.29, 1.82) is 0 Å². The smallest absolute Gasteiger partial charge is 0.276 e. The lowest BCUT2D eigenvalue weighted by molar-refractivity contribution is 0.0498. The summed E-state index contributed by atoms with van der Waals surface area (Å²) in [7, 11) is 0. The van der Waals surface area contributed by atoms with Crippen LogP contribution in [-0.2, 0) is 0 Å². The Morgan fingerprint density at radius 3 is 2.56 bits per heavy atom. The van der Waals surface area contributed by atoms with Gasteiger partial charge in [0.25, 0.3) is 11.8 Å². The minimum Gasteiger partial charge on any atom is -0.337 e. The maximum Gasteiger partial charge on any atom is 0.276 e. The highest BCUT2D eigenvalue weighted by molar-refractivity contribution is 5.95. The Morgan fingerprint density at radius 1 is 1.08 bits per heavy atom. The first-order chi connectivity index (χ1) is 12.1. The van der Waals surface area contributed by atoms with Crippen LogP contribution >= 0.6 is 0 Å². The number of aryl methyl sites for hydroxylation is 1. The average molecular weight is 339 g/mol. The van der Waals surface area contributed by atoms with Crippen molar-refractivity contribution in [2.75, 3.05) is 26.2 Å². The van der Waals surface area contributed by atoms with Gasteiger partial charge < -0.3 is 9.80 Å². The number of hydrogen-bond donors (Lipinski definition) is 0.